The molecule has 0 bridgehead atoms. The van der Waals surface area contributed by atoms with Crippen LogP contribution < -0.4 is 4.72 Å². The van der Waals surface area contributed by atoms with Gasteiger partial charge in [-0.15, -0.1) is 0 Å². The fraction of sp³-hybridized carbons (Fsp3) is 0.167. The molecule has 18 heavy (non-hydrogen) atoms. The summed E-state index contributed by atoms with van der Waals surface area (Å²) in [4.78, 5) is 0.0996. The Hall–Kier alpha value is -1.30. The molecule has 6 heteroatoms. The molecule has 1 aromatic carbocycles. The van der Waals surface area contributed by atoms with Crippen LogP contribution in [0, 0.1) is 0 Å². The normalized spacial score (nSPS) is 11.7. The fourth-order valence-corrected chi connectivity index (χ4v) is 3.12. The summed E-state index contributed by atoms with van der Waals surface area (Å²) < 4.78 is 28.4. The summed E-state index contributed by atoms with van der Waals surface area (Å²) in [6.07, 6.45) is 3.72. The molecule has 2 aromatic rings. The summed E-state index contributed by atoms with van der Waals surface area (Å²) in [7, 11) is -1.69. The van der Waals surface area contributed by atoms with Gasteiger partial charge in [0.05, 0.1) is 5.02 Å². The van der Waals surface area contributed by atoms with Gasteiger partial charge in [-0.2, -0.15) is 0 Å². The Kier molecular flexibility index (Phi) is 3.75. The molecule has 0 aliphatic heterocycles. The van der Waals surface area contributed by atoms with Crippen LogP contribution in [0.15, 0.2) is 47.6 Å². The van der Waals surface area contributed by atoms with Crippen molar-refractivity contribution in [2.45, 2.75) is 11.4 Å². The van der Waals surface area contributed by atoms with Crippen LogP contribution in [0.3, 0.4) is 0 Å². The number of nitrogens with zero attached hydrogens (tertiary/aromatic N) is 1. The maximum absolute atomic E-state index is 12.0. The predicted octanol–water partition coefficient (Wildman–Crippen LogP) is 2.16. The van der Waals surface area contributed by atoms with E-state index in [1.807, 2.05) is 30.1 Å². The second-order valence-corrected chi connectivity index (χ2v) is 6.08. The number of hydrogen-bond acceptors (Lipinski definition) is 2. The van der Waals surface area contributed by atoms with Crippen molar-refractivity contribution in [2.24, 2.45) is 7.05 Å². The first-order valence-corrected chi connectivity index (χ1v) is 7.20. The topological polar surface area (TPSA) is 51.1 Å². The van der Waals surface area contributed by atoms with E-state index in [2.05, 4.69) is 4.72 Å². The molecule has 4 nitrogen and oxygen atoms in total. The summed E-state index contributed by atoms with van der Waals surface area (Å²) in [5.41, 5.74) is 0.896. The minimum absolute atomic E-state index is 0.0996. The number of sulfonamides is 1. The zero-order chi connectivity index (χ0) is 13.2. The maximum atomic E-state index is 12.0. The van der Waals surface area contributed by atoms with Crippen molar-refractivity contribution in [1.29, 1.82) is 0 Å². The van der Waals surface area contributed by atoms with Crippen LogP contribution in [0.25, 0.3) is 0 Å². The fourth-order valence-electron chi connectivity index (χ4n) is 1.58. The molecule has 0 unspecified atom stereocenters. The molecule has 0 amide bonds. The molecule has 0 aliphatic rings. The molecule has 1 heterocycles. The third-order valence-electron chi connectivity index (χ3n) is 2.49. The minimum atomic E-state index is -3.57. The highest BCUT2D eigenvalue weighted by Gasteiger charge is 2.16. The van der Waals surface area contributed by atoms with Crippen molar-refractivity contribution < 1.29 is 8.42 Å². The zero-order valence-corrected chi connectivity index (χ0v) is 11.4. The Morgan fingerprint density at radius 1 is 1.28 bits per heavy atom. The van der Waals surface area contributed by atoms with Gasteiger partial charge in [0, 0.05) is 26.0 Å². The molecule has 96 valence electrons. The Balaban J connectivity index is 2.16. The van der Waals surface area contributed by atoms with Gasteiger partial charge in [-0.3, -0.25) is 0 Å². The van der Waals surface area contributed by atoms with E-state index in [0.717, 1.165) is 5.56 Å². The number of halogens is 1. The highest BCUT2D eigenvalue weighted by molar-refractivity contribution is 7.89. The number of benzene rings is 1. The molecule has 1 N–H and O–H groups in total. The van der Waals surface area contributed by atoms with Crippen LogP contribution in [0.2, 0.25) is 5.02 Å². The SMILES string of the molecule is Cn1ccc(CNS(=O)(=O)c2ccccc2Cl)c1. The standard InChI is InChI=1S/C12H13ClN2O2S/c1-15-7-6-10(9-15)8-14-18(16,17)12-5-3-2-4-11(12)13/h2-7,9,14H,8H2,1H3. The van der Waals surface area contributed by atoms with Gasteiger partial charge >= 0.3 is 0 Å². The monoisotopic (exact) mass is 284 g/mol. The average molecular weight is 285 g/mol. The predicted molar refractivity (Wildman–Crippen MR) is 70.9 cm³/mol. The lowest BCUT2D eigenvalue weighted by Gasteiger charge is -2.07. The molecule has 0 fully saturated rings. The highest BCUT2D eigenvalue weighted by Crippen LogP contribution is 2.20. The van der Waals surface area contributed by atoms with Crippen molar-refractivity contribution in [3.63, 3.8) is 0 Å². The number of nitrogens with one attached hydrogen (secondary N) is 1. The van der Waals surface area contributed by atoms with E-state index in [1.54, 1.807) is 18.2 Å². The quantitative estimate of drug-likeness (QED) is 0.935. The molecular formula is C12H13ClN2O2S. The van der Waals surface area contributed by atoms with E-state index < -0.39 is 10.0 Å². The van der Waals surface area contributed by atoms with Gasteiger partial charge in [-0.25, -0.2) is 13.1 Å². The second kappa shape index (κ2) is 5.14. The summed E-state index contributed by atoms with van der Waals surface area (Å²) in [5.74, 6) is 0. The molecule has 0 radical (unpaired) electrons. The number of aromatic nitrogens is 1. The van der Waals surface area contributed by atoms with E-state index in [1.165, 1.54) is 6.07 Å². The Morgan fingerprint density at radius 2 is 2.00 bits per heavy atom. The molecular weight excluding hydrogens is 272 g/mol. The van der Waals surface area contributed by atoms with E-state index in [4.69, 9.17) is 11.6 Å². The average Bonchev–Trinajstić information content (AvgIpc) is 2.73. The molecule has 0 atom stereocenters. The second-order valence-electron chi connectivity index (χ2n) is 3.94. The van der Waals surface area contributed by atoms with E-state index in [0.29, 0.717) is 0 Å². The highest BCUT2D eigenvalue weighted by atomic mass is 35.5. The van der Waals surface area contributed by atoms with E-state index in [9.17, 15) is 8.42 Å². The number of aryl methyl sites for hydroxylation is 1. The van der Waals surface area contributed by atoms with E-state index >= 15 is 0 Å². The van der Waals surface area contributed by atoms with Crippen molar-refractivity contribution in [3.8, 4) is 0 Å². The van der Waals surface area contributed by atoms with E-state index in [-0.39, 0.29) is 16.5 Å². The van der Waals surface area contributed by atoms with Gasteiger partial charge in [0.15, 0.2) is 0 Å². The van der Waals surface area contributed by atoms with Gasteiger partial charge in [0.2, 0.25) is 10.0 Å². The molecule has 1 aromatic heterocycles. The largest absolute Gasteiger partial charge is 0.357 e. The Labute approximate surface area is 111 Å². The molecule has 0 spiro atoms. The third kappa shape index (κ3) is 2.93. The van der Waals surface area contributed by atoms with Crippen molar-refractivity contribution in [3.05, 3.63) is 53.3 Å². The molecule has 0 saturated carbocycles. The first kappa shape index (κ1) is 13.1. The molecule has 2 rings (SSSR count). The third-order valence-corrected chi connectivity index (χ3v) is 4.39. The van der Waals surface area contributed by atoms with Crippen molar-refractivity contribution >= 4 is 21.6 Å². The Bertz CT molecular complexity index is 650. The number of rotatable bonds is 4. The van der Waals surface area contributed by atoms with Crippen molar-refractivity contribution in [2.75, 3.05) is 0 Å². The smallest absolute Gasteiger partial charge is 0.242 e. The van der Waals surface area contributed by atoms with Gasteiger partial charge in [-0.1, -0.05) is 23.7 Å². The minimum Gasteiger partial charge on any atom is -0.357 e. The van der Waals surface area contributed by atoms with Crippen LogP contribution in [0.5, 0.6) is 0 Å². The number of hydrogen-bond donors (Lipinski definition) is 1. The van der Waals surface area contributed by atoms with Crippen LogP contribution in [0.1, 0.15) is 5.56 Å². The van der Waals surface area contributed by atoms with Crippen molar-refractivity contribution in [1.82, 2.24) is 9.29 Å². The van der Waals surface area contributed by atoms with Gasteiger partial charge < -0.3 is 4.57 Å². The summed E-state index contributed by atoms with van der Waals surface area (Å²) >= 11 is 5.87. The summed E-state index contributed by atoms with van der Waals surface area (Å²) in [6, 6.07) is 8.23. The van der Waals surface area contributed by atoms with Crippen LogP contribution in [-0.4, -0.2) is 13.0 Å². The first-order chi connectivity index (χ1) is 8.49. The van der Waals surface area contributed by atoms with Crippen LogP contribution in [0.4, 0.5) is 0 Å². The molecule has 0 saturated heterocycles. The van der Waals surface area contributed by atoms with Gasteiger partial charge in [0.25, 0.3) is 0 Å². The van der Waals surface area contributed by atoms with Gasteiger partial charge in [-0.05, 0) is 23.8 Å². The lowest BCUT2D eigenvalue weighted by molar-refractivity contribution is 0.581. The first-order valence-electron chi connectivity index (χ1n) is 5.34. The zero-order valence-electron chi connectivity index (χ0n) is 9.80. The Morgan fingerprint density at radius 3 is 2.61 bits per heavy atom. The maximum Gasteiger partial charge on any atom is 0.242 e. The summed E-state index contributed by atoms with van der Waals surface area (Å²) in [5, 5.41) is 0.220. The van der Waals surface area contributed by atoms with Crippen LogP contribution >= 0.6 is 11.6 Å². The van der Waals surface area contributed by atoms with Gasteiger partial charge in [0.1, 0.15) is 4.90 Å². The molecule has 0 aliphatic carbocycles. The summed E-state index contributed by atoms with van der Waals surface area (Å²) in [6.45, 7) is 0.244. The lowest BCUT2D eigenvalue weighted by Crippen LogP contribution is -2.23. The lowest BCUT2D eigenvalue weighted by atomic mass is 10.3. The van der Waals surface area contributed by atoms with Crippen LogP contribution in [-0.2, 0) is 23.6 Å².